The first-order chi connectivity index (χ1) is 12.4. The Kier molecular flexibility index (Phi) is 5.23. The zero-order chi connectivity index (χ0) is 18.7. The summed E-state index contributed by atoms with van der Waals surface area (Å²) < 4.78 is 10.7. The highest BCUT2D eigenvalue weighted by Gasteiger charge is 2.20. The summed E-state index contributed by atoms with van der Waals surface area (Å²) in [4.78, 5) is 28.2. The van der Waals surface area contributed by atoms with E-state index < -0.39 is 18.0 Å². The molecule has 3 rings (SSSR count). The highest BCUT2D eigenvalue weighted by molar-refractivity contribution is 6.32. The molecule has 3 aromatic rings. The molecule has 1 atom stereocenters. The summed E-state index contributed by atoms with van der Waals surface area (Å²) in [6.07, 6.45) is 2.09. The van der Waals surface area contributed by atoms with E-state index in [0.717, 1.165) is 10.9 Å². The number of furan rings is 1. The Balaban J connectivity index is 1.61. The minimum atomic E-state index is -0.973. The Morgan fingerprint density at radius 1 is 1.35 bits per heavy atom. The number of pyridine rings is 1. The molecule has 26 heavy (non-hydrogen) atoms. The molecule has 6 nitrogen and oxygen atoms in total. The lowest BCUT2D eigenvalue weighted by molar-refractivity contribution is -0.152. The monoisotopic (exact) mass is 372 g/mol. The number of benzene rings is 1. The predicted octanol–water partition coefficient (Wildman–Crippen LogP) is 3.90. The number of carbonyl (C=O) groups excluding carboxylic acids is 2. The predicted molar refractivity (Wildman–Crippen MR) is 98.1 cm³/mol. The van der Waals surface area contributed by atoms with E-state index in [1.165, 1.54) is 19.4 Å². The zero-order valence-electron chi connectivity index (χ0n) is 14.3. The Bertz CT molecular complexity index is 967. The summed E-state index contributed by atoms with van der Waals surface area (Å²) in [6.45, 7) is 3.46. The molecule has 0 aliphatic carbocycles. The van der Waals surface area contributed by atoms with Gasteiger partial charge in [-0.05, 0) is 37.6 Å². The number of hydrogen-bond acceptors (Lipinski definition) is 5. The molecule has 0 unspecified atom stereocenters. The van der Waals surface area contributed by atoms with E-state index in [-0.39, 0.29) is 11.6 Å². The van der Waals surface area contributed by atoms with Crippen molar-refractivity contribution in [1.29, 1.82) is 0 Å². The number of rotatable bonds is 5. The van der Waals surface area contributed by atoms with Gasteiger partial charge in [0.25, 0.3) is 5.91 Å². The number of carbonyl (C=O) groups is 2. The average Bonchev–Trinajstić information content (AvgIpc) is 2.98. The van der Waals surface area contributed by atoms with Crippen LogP contribution in [0.4, 0.5) is 5.69 Å². The zero-order valence-corrected chi connectivity index (χ0v) is 15.0. The second kappa shape index (κ2) is 7.58. The fourth-order valence-electron chi connectivity index (χ4n) is 2.49. The van der Waals surface area contributed by atoms with Gasteiger partial charge in [-0.2, -0.15) is 0 Å². The maximum Gasteiger partial charge on any atom is 0.311 e. The number of aryl methyl sites for hydroxylation is 1. The largest absolute Gasteiger partial charge is 0.464 e. The summed E-state index contributed by atoms with van der Waals surface area (Å²) in [6, 6.07) is 9.00. The second-order valence-electron chi connectivity index (χ2n) is 5.90. The Morgan fingerprint density at radius 3 is 2.92 bits per heavy atom. The van der Waals surface area contributed by atoms with Crippen LogP contribution in [0.5, 0.6) is 0 Å². The topological polar surface area (TPSA) is 81.4 Å². The lowest BCUT2D eigenvalue weighted by atomic mass is 10.1. The van der Waals surface area contributed by atoms with Crippen LogP contribution in [0.25, 0.3) is 11.0 Å². The molecule has 1 aromatic carbocycles. The number of halogens is 1. The van der Waals surface area contributed by atoms with Crippen molar-refractivity contribution in [2.24, 2.45) is 0 Å². The Morgan fingerprint density at radius 2 is 2.15 bits per heavy atom. The highest BCUT2D eigenvalue weighted by Crippen LogP contribution is 2.23. The quantitative estimate of drug-likeness (QED) is 0.542. The molecule has 134 valence electrons. The minimum Gasteiger partial charge on any atom is -0.464 e. The van der Waals surface area contributed by atoms with Gasteiger partial charge in [-0.1, -0.05) is 23.7 Å². The third kappa shape index (κ3) is 4.03. The van der Waals surface area contributed by atoms with Gasteiger partial charge < -0.3 is 14.5 Å². The molecular weight excluding hydrogens is 356 g/mol. The third-order valence-corrected chi connectivity index (χ3v) is 4.14. The van der Waals surface area contributed by atoms with E-state index in [0.29, 0.717) is 16.8 Å². The molecule has 0 saturated heterocycles. The van der Waals surface area contributed by atoms with Gasteiger partial charge in [-0.25, -0.2) is 4.98 Å². The number of fused-ring (bicyclic) bond motifs is 1. The van der Waals surface area contributed by atoms with E-state index in [9.17, 15) is 9.59 Å². The van der Waals surface area contributed by atoms with Gasteiger partial charge in [0.2, 0.25) is 0 Å². The standard InChI is InChI=1S/C19H17ClN2O4/c1-11-5-6-14-13(10-25-16(14)8-11)9-17(23)26-12(2)19(24)22-15-4-3-7-21-18(15)20/h3-8,10,12H,9H2,1-2H3,(H,22,24)/t12-/m0/s1. The van der Waals surface area contributed by atoms with Crippen LogP contribution in [0.2, 0.25) is 5.15 Å². The molecule has 1 N–H and O–H groups in total. The van der Waals surface area contributed by atoms with Crippen molar-refractivity contribution >= 4 is 40.1 Å². The Labute approximate surface area is 155 Å². The number of nitrogens with zero attached hydrogens (tertiary/aromatic N) is 1. The van der Waals surface area contributed by atoms with E-state index in [2.05, 4.69) is 10.3 Å². The second-order valence-corrected chi connectivity index (χ2v) is 6.26. The molecule has 2 heterocycles. The van der Waals surface area contributed by atoms with Crippen molar-refractivity contribution in [2.45, 2.75) is 26.4 Å². The molecule has 0 saturated carbocycles. The van der Waals surface area contributed by atoms with E-state index in [1.807, 2.05) is 25.1 Å². The molecule has 0 aliphatic heterocycles. The molecule has 1 amide bonds. The molecular formula is C19H17ClN2O4. The van der Waals surface area contributed by atoms with Gasteiger partial charge in [-0.3, -0.25) is 9.59 Å². The van der Waals surface area contributed by atoms with Crippen LogP contribution in [-0.2, 0) is 20.7 Å². The number of hydrogen-bond donors (Lipinski definition) is 1. The maximum atomic E-state index is 12.2. The number of amides is 1. The van der Waals surface area contributed by atoms with Crippen LogP contribution in [0.15, 0.2) is 47.2 Å². The lowest BCUT2D eigenvalue weighted by Crippen LogP contribution is -2.30. The fraction of sp³-hybridized carbons (Fsp3) is 0.211. The number of aromatic nitrogens is 1. The van der Waals surface area contributed by atoms with Crippen molar-refractivity contribution in [3.05, 3.63) is 59.1 Å². The van der Waals surface area contributed by atoms with Crippen molar-refractivity contribution in [1.82, 2.24) is 4.98 Å². The minimum absolute atomic E-state index is 0.0152. The molecule has 0 spiro atoms. The molecule has 0 radical (unpaired) electrons. The summed E-state index contributed by atoms with van der Waals surface area (Å²) >= 11 is 5.90. The fourth-order valence-corrected chi connectivity index (χ4v) is 2.66. The molecule has 0 bridgehead atoms. The molecule has 2 aromatic heterocycles. The average molecular weight is 373 g/mol. The van der Waals surface area contributed by atoms with Crippen molar-refractivity contribution < 1.29 is 18.7 Å². The maximum absolute atomic E-state index is 12.2. The Hall–Kier alpha value is -2.86. The third-order valence-electron chi connectivity index (χ3n) is 3.84. The van der Waals surface area contributed by atoms with Crippen LogP contribution in [0.1, 0.15) is 18.1 Å². The normalized spacial score (nSPS) is 12.0. The first-order valence-electron chi connectivity index (χ1n) is 8.01. The van der Waals surface area contributed by atoms with Crippen LogP contribution < -0.4 is 5.32 Å². The number of esters is 1. The molecule has 7 heteroatoms. The molecule has 0 aliphatic rings. The van der Waals surface area contributed by atoms with E-state index in [1.54, 1.807) is 12.1 Å². The SMILES string of the molecule is Cc1ccc2c(CC(=O)O[C@@H](C)C(=O)Nc3cccnc3Cl)coc2c1. The molecule has 0 fully saturated rings. The van der Waals surface area contributed by atoms with Gasteiger partial charge in [0.05, 0.1) is 18.4 Å². The van der Waals surface area contributed by atoms with Gasteiger partial charge in [-0.15, -0.1) is 0 Å². The summed E-state index contributed by atoms with van der Waals surface area (Å²) in [5.41, 5.74) is 2.86. The number of anilines is 1. The van der Waals surface area contributed by atoms with Gasteiger partial charge in [0.15, 0.2) is 11.3 Å². The highest BCUT2D eigenvalue weighted by atomic mass is 35.5. The smallest absolute Gasteiger partial charge is 0.311 e. The van der Waals surface area contributed by atoms with E-state index >= 15 is 0 Å². The first-order valence-corrected chi connectivity index (χ1v) is 8.39. The van der Waals surface area contributed by atoms with Crippen molar-refractivity contribution in [3.63, 3.8) is 0 Å². The number of ether oxygens (including phenoxy) is 1. The van der Waals surface area contributed by atoms with Crippen LogP contribution in [0, 0.1) is 6.92 Å². The number of nitrogens with one attached hydrogen (secondary N) is 1. The van der Waals surface area contributed by atoms with Crippen LogP contribution in [-0.4, -0.2) is 23.0 Å². The summed E-state index contributed by atoms with van der Waals surface area (Å²) in [5.74, 6) is -1.01. The van der Waals surface area contributed by atoms with Gasteiger partial charge in [0, 0.05) is 17.1 Å². The van der Waals surface area contributed by atoms with E-state index in [4.69, 9.17) is 20.8 Å². The first kappa shape index (κ1) is 17.9. The van der Waals surface area contributed by atoms with Crippen molar-refractivity contribution in [2.75, 3.05) is 5.32 Å². The summed E-state index contributed by atoms with van der Waals surface area (Å²) in [5, 5.41) is 3.60. The lowest BCUT2D eigenvalue weighted by Gasteiger charge is -2.13. The van der Waals surface area contributed by atoms with Crippen LogP contribution >= 0.6 is 11.6 Å². The van der Waals surface area contributed by atoms with Crippen molar-refractivity contribution in [3.8, 4) is 0 Å². The summed E-state index contributed by atoms with van der Waals surface area (Å²) in [7, 11) is 0. The van der Waals surface area contributed by atoms with Crippen LogP contribution in [0.3, 0.4) is 0 Å². The van der Waals surface area contributed by atoms with Gasteiger partial charge in [0.1, 0.15) is 5.58 Å². The van der Waals surface area contributed by atoms with Gasteiger partial charge >= 0.3 is 5.97 Å².